The zero-order valence-electron chi connectivity index (χ0n) is 19.0. The standard InChI is InChI=1S/C25H27Cl2N5O/c1-16-14-32(15-29-16)21-11-10-20(12-22(21)33-5)30-17(2)31-23(13-24(27)28)25(3,4)18-6-8-19(26)9-7-18/h6-15,28,30-31H,2H2,1,3-5H3. The van der Waals surface area contributed by atoms with Gasteiger partial charge in [0, 0.05) is 34.1 Å². The molecule has 1 heterocycles. The number of ether oxygens (including phenoxy) is 1. The SMILES string of the molecule is C=C(NC(=CC(=N)Cl)C(C)(C)c1ccc(Cl)cc1)Nc1ccc(-n2cnc(C)c2)c(OC)c1. The van der Waals surface area contributed by atoms with Gasteiger partial charge in [-0.15, -0.1) is 0 Å². The molecule has 6 nitrogen and oxygen atoms in total. The van der Waals surface area contributed by atoms with Gasteiger partial charge < -0.3 is 19.9 Å². The summed E-state index contributed by atoms with van der Waals surface area (Å²) in [6, 6.07) is 13.3. The van der Waals surface area contributed by atoms with Gasteiger partial charge >= 0.3 is 0 Å². The quantitative estimate of drug-likeness (QED) is 0.308. The first-order chi connectivity index (χ1) is 15.6. The number of anilines is 1. The van der Waals surface area contributed by atoms with Crippen molar-refractivity contribution in [1.29, 1.82) is 5.41 Å². The summed E-state index contributed by atoms with van der Waals surface area (Å²) in [4.78, 5) is 4.27. The van der Waals surface area contributed by atoms with Gasteiger partial charge in [-0.05, 0) is 42.8 Å². The number of halogens is 2. The largest absolute Gasteiger partial charge is 0.494 e. The zero-order chi connectivity index (χ0) is 24.2. The summed E-state index contributed by atoms with van der Waals surface area (Å²) in [6.07, 6.45) is 5.26. The Hall–Kier alpha value is -3.22. The molecule has 172 valence electrons. The molecule has 3 rings (SSSR count). The molecule has 0 amide bonds. The summed E-state index contributed by atoms with van der Waals surface area (Å²) in [5.41, 5.74) is 3.82. The third-order valence-electron chi connectivity index (χ3n) is 5.26. The summed E-state index contributed by atoms with van der Waals surface area (Å²) < 4.78 is 7.49. The van der Waals surface area contributed by atoms with E-state index in [2.05, 4.69) is 22.2 Å². The fourth-order valence-corrected chi connectivity index (χ4v) is 3.65. The van der Waals surface area contributed by atoms with Gasteiger partial charge in [0.05, 0.1) is 30.6 Å². The van der Waals surface area contributed by atoms with E-state index >= 15 is 0 Å². The van der Waals surface area contributed by atoms with Crippen LogP contribution in [0.2, 0.25) is 5.02 Å². The molecule has 8 heteroatoms. The summed E-state index contributed by atoms with van der Waals surface area (Å²) in [5, 5.41) is 14.9. The van der Waals surface area contributed by atoms with Crippen molar-refractivity contribution in [3.63, 3.8) is 0 Å². The van der Waals surface area contributed by atoms with Crippen LogP contribution in [0.5, 0.6) is 5.75 Å². The van der Waals surface area contributed by atoms with Crippen molar-refractivity contribution in [1.82, 2.24) is 14.9 Å². The van der Waals surface area contributed by atoms with Crippen LogP contribution < -0.4 is 15.4 Å². The highest BCUT2D eigenvalue weighted by Crippen LogP contribution is 2.32. The van der Waals surface area contributed by atoms with Crippen LogP contribution in [0.3, 0.4) is 0 Å². The van der Waals surface area contributed by atoms with Crippen molar-refractivity contribution in [2.45, 2.75) is 26.2 Å². The number of nitrogens with zero attached hydrogens (tertiary/aromatic N) is 2. The summed E-state index contributed by atoms with van der Waals surface area (Å²) in [6.45, 7) is 10.1. The number of hydrogen-bond acceptors (Lipinski definition) is 5. The Labute approximate surface area is 204 Å². The normalized spacial score (nSPS) is 11.8. The molecule has 33 heavy (non-hydrogen) atoms. The maximum atomic E-state index is 7.78. The van der Waals surface area contributed by atoms with Crippen LogP contribution in [0.25, 0.3) is 5.69 Å². The zero-order valence-corrected chi connectivity index (χ0v) is 20.6. The molecule has 0 radical (unpaired) electrons. The van der Waals surface area contributed by atoms with E-state index in [9.17, 15) is 0 Å². The van der Waals surface area contributed by atoms with Crippen LogP contribution in [-0.4, -0.2) is 21.8 Å². The lowest BCUT2D eigenvalue weighted by atomic mass is 9.81. The molecule has 0 saturated carbocycles. The summed E-state index contributed by atoms with van der Waals surface area (Å²) >= 11 is 12.0. The van der Waals surface area contributed by atoms with Crippen LogP contribution in [0.1, 0.15) is 25.1 Å². The predicted molar refractivity (Wildman–Crippen MR) is 137 cm³/mol. The minimum Gasteiger partial charge on any atom is -0.494 e. The number of hydrogen-bond donors (Lipinski definition) is 3. The molecule has 0 aliphatic carbocycles. The van der Waals surface area contributed by atoms with Crippen LogP contribution in [0.15, 0.2) is 79.2 Å². The Balaban J connectivity index is 1.82. The second-order valence-corrected chi connectivity index (χ2v) is 8.92. The molecular formula is C25H27Cl2N5O. The Morgan fingerprint density at radius 3 is 2.48 bits per heavy atom. The fourth-order valence-electron chi connectivity index (χ4n) is 3.41. The lowest BCUT2D eigenvalue weighted by molar-refractivity contribution is 0.413. The van der Waals surface area contributed by atoms with Gasteiger partial charge in [-0.2, -0.15) is 0 Å². The summed E-state index contributed by atoms with van der Waals surface area (Å²) in [7, 11) is 1.63. The molecule has 2 aromatic carbocycles. The lowest BCUT2D eigenvalue weighted by Crippen LogP contribution is -2.32. The fraction of sp³-hybridized carbons (Fsp3) is 0.200. The van der Waals surface area contributed by atoms with Crippen molar-refractivity contribution in [3.05, 3.63) is 95.4 Å². The Bertz CT molecular complexity index is 1200. The first kappa shape index (κ1) is 24.4. The highest BCUT2D eigenvalue weighted by Gasteiger charge is 2.26. The highest BCUT2D eigenvalue weighted by molar-refractivity contribution is 6.67. The third-order valence-corrected chi connectivity index (χ3v) is 5.62. The van der Waals surface area contributed by atoms with Crippen molar-refractivity contribution in [2.24, 2.45) is 0 Å². The lowest BCUT2D eigenvalue weighted by Gasteiger charge is -2.30. The number of benzene rings is 2. The molecular weight excluding hydrogens is 457 g/mol. The maximum Gasteiger partial charge on any atom is 0.144 e. The Kier molecular flexibility index (Phi) is 7.51. The first-order valence-corrected chi connectivity index (χ1v) is 11.0. The number of nitrogens with one attached hydrogen (secondary N) is 3. The van der Waals surface area contributed by atoms with Crippen molar-refractivity contribution >= 4 is 34.1 Å². The van der Waals surface area contributed by atoms with Gasteiger partial charge in [0.1, 0.15) is 10.9 Å². The predicted octanol–water partition coefficient (Wildman–Crippen LogP) is 6.39. The van der Waals surface area contributed by atoms with Gasteiger partial charge in [0.25, 0.3) is 0 Å². The Morgan fingerprint density at radius 2 is 1.91 bits per heavy atom. The Morgan fingerprint density at radius 1 is 1.21 bits per heavy atom. The van der Waals surface area contributed by atoms with Crippen LogP contribution in [0, 0.1) is 12.3 Å². The average Bonchev–Trinajstić information content (AvgIpc) is 3.19. The maximum absolute atomic E-state index is 7.78. The van der Waals surface area contributed by atoms with Gasteiger partial charge in [0.15, 0.2) is 0 Å². The summed E-state index contributed by atoms with van der Waals surface area (Å²) in [5.74, 6) is 1.21. The molecule has 1 aromatic heterocycles. The number of aromatic nitrogens is 2. The van der Waals surface area contributed by atoms with Crippen LogP contribution in [-0.2, 0) is 5.41 Å². The van der Waals surface area contributed by atoms with E-state index in [1.807, 2.05) is 74.0 Å². The molecule has 3 N–H and O–H groups in total. The molecule has 0 aliphatic rings. The van der Waals surface area contributed by atoms with E-state index in [1.165, 1.54) is 0 Å². The van der Waals surface area contributed by atoms with Gasteiger partial charge in [-0.3, -0.25) is 5.41 Å². The van der Waals surface area contributed by atoms with E-state index in [4.69, 9.17) is 33.3 Å². The first-order valence-electron chi connectivity index (χ1n) is 10.2. The molecule has 3 aromatic rings. The second kappa shape index (κ2) is 10.1. The molecule has 0 saturated heterocycles. The van der Waals surface area contributed by atoms with Crippen molar-refractivity contribution in [2.75, 3.05) is 12.4 Å². The van der Waals surface area contributed by atoms with E-state index in [-0.39, 0.29) is 5.17 Å². The van der Waals surface area contributed by atoms with E-state index in [1.54, 1.807) is 19.5 Å². The van der Waals surface area contributed by atoms with Gasteiger partial charge in [0.2, 0.25) is 0 Å². The molecule has 0 unspecified atom stereocenters. The number of rotatable bonds is 9. The van der Waals surface area contributed by atoms with E-state index < -0.39 is 5.41 Å². The topological polar surface area (TPSA) is 75.0 Å². The van der Waals surface area contributed by atoms with Gasteiger partial charge in [-0.1, -0.05) is 55.8 Å². The minimum absolute atomic E-state index is 0.0889. The molecule has 0 fully saturated rings. The number of methoxy groups -OCH3 is 1. The molecule has 0 atom stereocenters. The highest BCUT2D eigenvalue weighted by atomic mass is 35.5. The average molecular weight is 484 g/mol. The number of imidazole rings is 1. The van der Waals surface area contributed by atoms with Crippen molar-refractivity contribution in [3.8, 4) is 11.4 Å². The third kappa shape index (κ3) is 5.97. The number of aryl methyl sites for hydroxylation is 1. The number of allylic oxidation sites excluding steroid dienone is 2. The smallest absolute Gasteiger partial charge is 0.144 e. The molecule has 0 bridgehead atoms. The van der Waals surface area contributed by atoms with Crippen molar-refractivity contribution < 1.29 is 4.74 Å². The molecule has 0 aliphatic heterocycles. The van der Waals surface area contributed by atoms with Gasteiger partial charge in [-0.25, -0.2) is 4.98 Å². The second-order valence-electron chi connectivity index (χ2n) is 8.08. The minimum atomic E-state index is -0.489. The monoisotopic (exact) mass is 483 g/mol. The van der Waals surface area contributed by atoms with E-state index in [0.717, 1.165) is 22.6 Å². The van der Waals surface area contributed by atoms with Crippen LogP contribution in [0.4, 0.5) is 5.69 Å². The van der Waals surface area contributed by atoms with E-state index in [0.29, 0.717) is 22.3 Å². The van der Waals surface area contributed by atoms with Crippen LogP contribution >= 0.6 is 23.2 Å². The molecule has 0 spiro atoms.